The van der Waals surface area contributed by atoms with Crippen molar-refractivity contribution in [1.82, 2.24) is 0 Å². The summed E-state index contributed by atoms with van der Waals surface area (Å²) in [5.41, 5.74) is 0. The Bertz CT molecular complexity index is 124. The lowest BCUT2D eigenvalue weighted by molar-refractivity contribution is -0.0167. The third-order valence-electron chi connectivity index (χ3n) is 1.95. The van der Waals surface area contributed by atoms with Gasteiger partial charge in [0.25, 0.3) is 0 Å². The van der Waals surface area contributed by atoms with Crippen molar-refractivity contribution < 1.29 is 15.0 Å². The summed E-state index contributed by atoms with van der Waals surface area (Å²) in [6.07, 6.45) is 2.01. The molecule has 0 bridgehead atoms. The topological polar surface area (TPSA) is 57.5 Å². The van der Waals surface area contributed by atoms with E-state index in [1.54, 1.807) is 0 Å². The van der Waals surface area contributed by atoms with Crippen molar-refractivity contribution >= 4 is 6.29 Å². The maximum atomic E-state index is 10.1. The Morgan fingerprint density at radius 3 is 2.40 bits per heavy atom. The molecule has 3 heteroatoms. The highest BCUT2D eigenvalue weighted by atomic mass is 16.3. The molecule has 0 heterocycles. The normalized spacial score (nSPS) is 41.2. The monoisotopic (exact) mass is 143 g/mol. The lowest BCUT2D eigenvalue weighted by Gasteiger charge is -2.26. The molecule has 1 fully saturated rings. The molecule has 1 aliphatic carbocycles. The van der Waals surface area contributed by atoms with Gasteiger partial charge in [-0.15, -0.1) is 0 Å². The Morgan fingerprint density at radius 2 is 1.90 bits per heavy atom. The quantitative estimate of drug-likeness (QED) is 0.526. The minimum absolute atomic E-state index is 0.168. The third kappa shape index (κ3) is 1.55. The summed E-state index contributed by atoms with van der Waals surface area (Å²) >= 11 is 0. The van der Waals surface area contributed by atoms with Crippen LogP contribution in [-0.2, 0) is 4.79 Å². The Kier molecular flexibility index (Phi) is 2.40. The van der Waals surface area contributed by atoms with E-state index in [0.29, 0.717) is 19.3 Å². The first kappa shape index (κ1) is 7.69. The molecule has 3 nitrogen and oxygen atoms in total. The molecule has 57 valence electrons. The van der Waals surface area contributed by atoms with Gasteiger partial charge in [-0.25, -0.2) is 0 Å². The number of aliphatic hydroxyl groups is 2. The second kappa shape index (κ2) is 3.12. The Morgan fingerprint density at radius 1 is 1.20 bits per heavy atom. The van der Waals surface area contributed by atoms with Crippen molar-refractivity contribution in [3.05, 3.63) is 0 Å². The van der Waals surface area contributed by atoms with E-state index in [2.05, 4.69) is 0 Å². The van der Waals surface area contributed by atoms with Gasteiger partial charge in [-0.1, -0.05) is 0 Å². The standard InChI is InChI=1S/C7H11O3/c8-4-5-1-2-6(9)7(10)3-5/h5-7,9-10H,1-3H2. The molecule has 1 aliphatic rings. The smallest absolute Gasteiger partial charge is 0.201 e. The van der Waals surface area contributed by atoms with Gasteiger partial charge < -0.3 is 10.2 Å². The van der Waals surface area contributed by atoms with Crippen LogP contribution < -0.4 is 0 Å². The average molecular weight is 143 g/mol. The van der Waals surface area contributed by atoms with Crippen molar-refractivity contribution in [3.8, 4) is 0 Å². The summed E-state index contributed by atoms with van der Waals surface area (Å²) in [6.45, 7) is 0. The zero-order valence-electron chi connectivity index (χ0n) is 5.66. The summed E-state index contributed by atoms with van der Waals surface area (Å²) in [7, 11) is 0. The molecule has 1 saturated carbocycles. The number of rotatable bonds is 1. The Balaban J connectivity index is 2.40. The first-order valence-corrected chi connectivity index (χ1v) is 3.48. The van der Waals surface area contributed by atoms with Gasteiger partial charge in [-0.2, -0.15) is 0 Å². The fraction of sp³-hybridized carbons (Fsp3) is 0.857. The molecule has 0 aromatic carbocycles. The summed E-state index contributed by atoms with van der Waals surface area (Å²) < 4.78 is 0. The minimum atomic E-state index is -0.722. The Hall–Kier alpha value is -0.410. The number of hydrogen-bond donors (Lipinski definition) is 2. The minimum Gasteiger partial charge on any atom is -0.390 e. The number of hydrogen-bond acceptors (Lipinski definition) is 3. The third-order valence-corrected chi connectivity index (χ3v) is 1.95. The number of aliphatic hydroxyl groups excluding tert-OH is 2. The molecule has 10 heavy (non-hydrogen) atoms. The van der Waals surface area contributed by atoms with Crippen LogP contribution in [0.1, 0.15) is 19.3 Å². The van der Waals surface area contributed by atoms with Crippen LogP contribution in [-0.4, -0.2) is 28.7 Å². The summed E-state index contributed by atoms with van der Waals surface area (Å²) in [4.78, 5) is 10.1. The lowest BCUT2D eigenvalue weighted by Crippen LogP contribution is -2.33. The van der Waals surface area contributed by atoms with Crippen LogP contribution in [0.2, 0.25) is 0 Å². The van der Waals surface area contributed by atoms with Gasteiger partial charge in [0.1, 0.15) is 0 Å². The van der Waals surface area contributed by atoms with Crippen molar-refractivity contribution in [2.75, 3.05) is 0 Å². The van der Waals surface area contributed by atoms with E-state index in [9.17, 15) is 4.79 Å². The van der Waals surface area contributed by atoms with Gasteiger partial charge >= 0.3 is 0 Å². The van der Waals surface area contributed by atoms with E-state index < -0.39 is 12.2 Å². The molecule has 0 saturated heterocycles. The van der Waals surface area contributed by atoms with Gasteiger partial charge in [0, 0.05) is 5.92 Å². The van der Waals surface area contributed by atoms with Crippen LogP contribution in [0, 0.1) is 5.92 Å². The molecular weight excluding hydrogens is 132 g/mol. The summed E-state index contributed by atoms with van der Waals surface area (Å²) in [5, 5.41) is 18.1. The van der Waals surface area contributed by atoms with E-state index >= 15 is 0 Å². The van der Waals surface area contributed by atoms with Gasteiger partial charge in [0.2, 0.25) is 6.29 Å². The fourth-order valence-corrected chi connectivity index (χ4v) is 1.24. The van der Waals surface area contributed by atoms with Crippen molar-refractivity contribution in [2.45, 2.75) is 31.5 Å². The second-order valence-corrected chi connectivity index (χ2v) is 2.76. The average Bonchev–Trinajstić information content (AvgIpc) is 1.95. The number of carbonyl (C=O) groups excluding carboxylic acids is 1. The molecule has 0 amide bonds. The molecule has 1 rings (SSSR count). The molecular formula is C7H11O3. The van der Waals surface area contributed by atoms with E-state index in [4.69, 9.17) is 10.2 Å². The highest BCUT2D eigenvalue weighted by Crippen LogP contribution is 2.22. The van der Waals surface area contributed by atoms with Crippen LogP contribution in [0.4, 0.5) is 0 Å². The van der Waals surface area contributed by atoms with Crippen LogP contribution in [0.15, 0.2) is 0 Å². The van der Waals surface area contributed by atoms with E-state index in [-0.39, 0.29) is 5.92 Å². The molecule has 0 aliphatic heterocycles. The highest BCUT2D eigenvalue weighted by molar-refractivity contribution is 5.54. The van der Waals surface area contributed by atoms with Crippen molar-refractivity contribution in [1.29, 1.82) is 0 Å². The van der Waals surface area contributed by atoms with Crippen molar-refractivity contribution in [3.63, 3.8) is 0 Å². The van der Waals surface area contributed by atoms with Crippen LogP contribution in [0.25, 0.3) is 0 Å². The predicted molar refractivity (Wildman–Crippen MR) is 35.0 cm³/mol. The maximum absolute atomic E-state index is 10.1. The first-order valence-electron chi connectivity index (χ1n) is 3.48. The molecule has 1 radical (unpaired) electrons. The summed E-state index contributed by atoms with van der Waals surface area (Å²) in [6, 6.07) is 0. The zero-order chi connectivity index (χ0) is 7.56. The molecule has 3 atom stereocenters. The van der Waals surface area contributed by atoms with Gasteiger partial charge in [-0.3, -0.25) is 4.79 Å². The van der Waals surface area contributed by atoms with Crippen LogP contribution >= 0.6 is 0 Å². The molecule has 2 N–H and O–H groups in total. The largest absolute Gasteiger partial charge is 0.390 e. The SMILES string of the molecule is O=[C]C1CCC(O)C(O)C1. The second-order valence-electron chi connectivity index (χ2n) is 2.76. The molecule has 0 aromatic rings. The van der Waals surface area contributed by atoms with Gasteiger partial charge in [-0.05, 0) is 19.3 Å². The van der Waals surface area contributed by atoms with E-state index in [1.165, 1.54) is 0 Å². The fourth-order valence-electron chi connectivity index (χ4n) is 1.24. The maximum Gasteiger partial charge on any atom is 0.201 e. The van der Waals surface area contributed by atoms with Gasteiger partial charge in [0.15, 0.2) is 0 Å². The van der Waals surface area contributed by atoms with Crippen LogP contribution in [0.3, 0.4) is 0 Å². The lowest BCUT2D eigenvalue weighted by atomic mass is 9.86. The van der Waals surface area contributed by atoms with E-state index in [1.807, 2.05) is 6.29 Å². The van der Waals surface area contributed by atoms with Crippen molar-refractivity contribution in [2.24, 2.45) is 5.92 Å². The Labute approximate surface area is 59.7 Å². The van der Waals surface area contributed by atoms with Gasteiger partial charge in [0.05, 0.1) is 12.2 Å². The van der Waals surface area contributed by atoms with E-state index in [0.717, 1.165) is 0 Å². The molecule has 0 aromatic heterocycles. The molecule has 3 unspecified atom stereocenters. The molecule has 0 spiro atoms. The highest BCUT2D eigenvalue weighted by Gasteiger charge is 2.27. The predicted octanol–water partition coefficient (Wildman–Crippen LogP) is -0.382. The van der Waals surface area contributed by atoms with Crippen LogP contribution in [0.5, 0.6) is 0 Å². The first-order chi connectivity index (χ1) is 4.74. The zero-order valence-corrected chi connectivity index (χ0v) is 5.66. The summed E-state index contributed by atoms with van der Waals surface area (Å²) in [5.74, 6) is -0.168.